The Kier molecular flexibility index (Phi) is 6.49. The maximum atomic E-state index is 11.6. The first-order valence-corrected chi connectivity index (χ1v) is 6.33. The van der Waals surface area contributed by atoms with E-state index in [9.17, 15) is 9.90 Å². The van der Waals surface area contributed by atoms with Gasteiger partial charge >= 0.3 is 0 Å². The Labute approximate surface area is 113 Å². The van der Waals surface area contributed by atoms with Crippen molar-refractivity contribution < 1.29 is 14.6 Å². The largest absolute Gasteiger partial charge is 0.389 e. The molecule has 19 heavy (non-hydrogen) atoms. The fourth-order valence-corrected chi connectivity index (χ4v) is 1.66. The molecule has 0 saturated heterocycles. The summed E-state index contributed by atoms with van der Waals surface area (Å²) in [4.78, 5) is 11.6. The number of aliphatic hydroxyl groups excluding tert-OH is 1. The highest BCUT2D eigenvalue weighted by atomic mass is 16.5. The van der Waals surface area contributed by atoms with Crippen LogP contribution < -0.4 is 11.1 Å². The summed E-state index contributed by atoms with van der Waals surface area (Å²) >= 11 is 0. The number of rotatable bonds is 7. The molecule has 0 spiro atoms. The Morgan fingerprint density at radius 1 is 1.42 bits per heavy atom. The standard InChI is InChI=1S/C14H22N2O3/c1-10(17)12-5-3-11(4-6-12)9-16-14(18)7-13(8-15)19-2/h3-6,10,13,17H,7-9,15H2,1-2H3,(H,16,18). The molecule has 0 radical (unpaired) electrons. The molecule has 0 heterocycles. The third kappa shape index (κ3) is 5.38. The van der Waals surface area contributed by atoms with E-state index in [0.717, 1.165) is 11.1 Å². The Morgan fingerprint density at radius 3 is 2.53 bits per heavy atom. The molecule has 0 fully saturated rings. The summed E-state index contributed by atoms with van der Waals surface area (Å²) in [5.41, 5.74) is 7.30. The molecule has 0 aliphatic carbocycles. The summed E-state index contributed by atoms with van der Waals surface area (Å²) in [6, 6.07) is 7.48. The van der Waals surface area contributed by atoms with Crippen LogP contribution in [0.5, 0.6) is 0 Å². The fourth-order valence-electron chi connectivity index (χ4n) is 1.66. The molecule has 0 saturated carbocycles. The summed E-state index contributed by atoms with van der Waals surface area (Å²) < 4.78 is 5.05. The van der Waals surface area contributed by atoms with E-state index in [1.807, 2.05) is 24.3 Å². The molecular formula is C14H22N2O3. The van der Waals surface area contributed by atoms with Gasteiger partial charge in [-0.1, -0.05) is 24.3 Å². The predicted octanol–water partition coefficient (Wildman–Crippen LogP) is 0.720. The van der Waals surface area contributed by atoms with Crippen molar-refractivity contribution in [3.63, 3.8) is 0 Å². The number of hydrogen-bond donors (Lipinski definition) is 3. The number of methoxy groups -OCH3 is 1. The number of amides is 1. The average Bonchev–Trinajstić information content (AvgIpc) is 2.43. The second-order valence-corrected chi connectivity index (χ2v) is 4.49. The Bertz CT molecular complexity index is 386. The average molecular weight is 266 g/mol. The number of aliphatic hydroxyl groups is 1. The second-order valence-electron chi connectivity index (χ2n) is 4.49. The van der Waals surface area contributed by atoms with E-state index in [4.69, 9.17) is 10.5 Å². The van der Waals surface area contributed by atoms with Crippen molar-refractivity contribution in [2.45, 2.75) is 32.1 Å². The van der Waals surface area contributed by atoms with Gasteiger partial charge < -0.3 is 20.9 Å². The quantitative estimate of drug-likeness (QED) is 0.679. The maximum absolute atomic E-state index is 11.6. The monoisotopic (exact) mass is 266 g/mol. The van der Waals surface area contributed by atoms with Gasteiger partial charge in [-0.05, 0) is 18.1 Å². The lowest BCUT2D eigenvalue weighted by atomic mass is 10.1. The van der Waals surface area contributed by atoms with Crippen LogP contribution in [0.3, 0.4) is 0 Å². The first-order chi connectivity index (χ1) is 9.06. The first kappa shape index (κ1) is 15.6. The van der Waals surface area contributed by atoms with Gasteiger partial charge in [0.25, 0.3) is 0 Å². The first-order valence-electron chi connectivity index (χ1n) is 6.33. The van der Waals surface area contributed by atoms with Crippen molar-refractivity contribution in [2.24, 2.45) is 5.73 Å². The molecule has 1 aromatic carbocycles. The SMILES string of the molecule is COC(CN)CC(=O)NCc1ccc(C(C)O)cc1. The lowest BCUT2D eigenvalue weighted by Gasteiger charge is -2.13. The minimum Gasteiger partial charge on any atom is -0.389 e. The smallest absolute Gasteiger partial charge is 0.222 e. The number of hydrogen-bond acceptors (Lipinski definition) is 4. The van der Waals surface area contributed by atoms with E-state index in [1.54, 1.807) is 14.0 Å². The Balaban J connectivity index is 2.41. The topological polar surface area (TPSA) is 84.6 Å². The molecule has 1 aromatic rings. The number of ether oxygens (including phenoxy) is 1. The molecule has 0 aromatic heterocycles. The Morgan fingerprint density at radius 2 is 2.05 bits per heavy atom. The summed E-state index contributed by atoms with van der Waals surface area (Å²) in [6.07, 6.45) is -0.452. The third-order valence-electron chi connectivity index (χ3n) is 2.96. The molecule has 106 valence electrons. The van der Waals surface area contributed by atoms with Crippen molar-refractivity contribution in [3.05, 3.63) is 35.4 Å². The van der Waals surface area contributed by atoms with Crippen molar-refractivity contribution in [1.29, 1.82) is 0 Å². The van der Waals surface area contributed by atoms with Crippen LogP contribution in [0, 0.1) is 0 Å². The van der Waals surface area contributed by atoms with Crippen LogP contribution in [0.15, 0.2) is 24.3 Å². The maximum Gasteiger partial charge on any atom is 0.222 e. The van der Waals surface area contributed by atoms with E-state index in [0.29, 0.717) is 13.1 Å². The minimum absolute atomic E-state index is 0.0862. The third-order valence-corrected chi connectivity index (χ3v) is 2.96. The molecule has 5 nitrogen and oxygen atoms in total. The molecule has 2 unspecified atom stereocenters. The summed E-state index contributed by atoms with van der Waals surface area (Å²) in [6.45, 7) is 2.50. The molecule has 5 heteroatoms. The zero-order chi connectivity index (χ0) is 14.3. The van der Waals surface area contributed by atoms with Crippen LogP contribution in [0.2, 0.25) is 0 Å². The highest BCUT2D eigenvalue weighted by Gasteiger charge is 2.10. The van der Waals surface area contributed by atoms with Crippen LogP contribution in [0.25, 0.3) is 0 Å². The zero-order valence-electron chi connectivity index (χ0n) is 11.4. The van der Waals surface area contributed by atoms with Gasteiger partial charge in [0.1, 0.15) is 0 Å². The van der Waals surface area contributed by atoms with Crippen LogP contribution in [0.4, 0.5) is 0 Å². The van der Waals surface area contributed by atoms with Crippen LogP contribution in [-0.2, 0) is 16.1 Å². The molecule has 2 atom stereocenters. The molecule has 4 N–H and O–H groups in total. The van der Waals surface area contributed by atoms with Gasteiger partial charge in [-0.2, -0.15) is 0 Å². The fraction of sp³-hybridized carbons (Fsp3) is 0.500. The van der Waals surface area contributed by atoms with Gasteiger partial charge in [0, 0.05) is 20.2 Å². The normalized spacial score (nSPS) is 13.9. The molecular weight excluding hydrogens is 244 g/mol. The number of carbonyl (C=O) groups excluding carboxylic acids is 1. The lowest BCUT2D eigenvalue weighted by Crippen LogP contribution is -2.31. The number of nitrogens with two attached hydrogens (primary N) is 1. The van der Waals surface area contributed by atoms with Gasteiger partial charge in [0.15, 0.2) is 0 Å². The molecule has 1 rings (SSSR count). The van der Waals surface area contributed by atoms with E-state index in [-0.39, 0.29) is 18.4 Å². The summed E-state index contributed by atoms with van der Waals surface area (Å²) in [5, 5.41) is 12.2. The molecule has 0 bridgehead atoms. The lowest BCUT2D eigenvalue weighted by molar-refractivity contribution is -0.123. The van der Waals surface area contributed by atoms with E-state index in [2.05, 4.69) is 5.32 Å². The minimum atomic E-state index is -0.476. The van der Waals surface area contributed by atoms with Crippen LogP contribution in [-0.4, -0.2) is 30.8 Å². The van der Waals surface area contributed by atoms with Gasteiger partial charge in [-0.25, -0.2) is 0 Å². The van der Waals surface area contributed by atoms with Crippen molar-refractivity contribution in [3.8, 4) is 0 Å². The van der Waals surface area contributed by atoms with E-state index in [1.165, 1.54) is 0 Å². The van der Waals surface area contributed by atoms with Crippen molar-refractivity contribution >= 4 is 5.91 Å². The highest BCUT2D eigenvalue weighted by molar-refractivity contribution is 5.76. The van der Waals surface area contributed by atoms with Crippen LogP contribution in [0.1, 0.15) is 30.6 Å². The van der Waals surface area contributed by atoms with Crippen LogP contribution >= 0.6 is 0 Å². The zero-order valence-corrected chi connectivity index (χ0v) is 11.4. The Hall–Kier alpha value is -1.43. The molecule has 0 aliphatic heterocycles. The van der Waals surface area contributed by atoms with Gasteiger partial charge in [-0.15, -0.1) is 0 Å². The predicted molar refractivity (Wildman–Crippen MR) is 73.4 cm³/mol. The molecule has 0 aliphatic rings. The second kappa shape index (κ2) is 7.89. The van der Waals surface area contributed by atoms with Gasteiger partial charge in [-0.3, -0.25) is 4.79 Å². The van der Waals surface area contributed by atoms with Crippen molar-refractivity contribution in [2.75, 3.05) is 13.7 Å². The number of benzene rings is 1. The number of nitrogens with one attached hydrogen (secondary N) is 1. The highest BCUT2D eigenvalue weighted by Crippen LogP contribution is 2.12. The summed E-state index contributed by atoms with van der Waals surface area (Å²) in [7, 11) is 1.54. The number of carbonyl (C=O) groups is 1. The summed E-state index contributed by atoms with van der Waals surface area (Å²) in [5.74, 6) is -0.0862. The van der Waals surface area contributed by atoms with E-state index < -0.39 is 6.10 Å². The van der Waals surface area contributed by atoms with Gasteiger partial charge in [0.05, 0.1) is 18.6 Å². The van der Waals surface area contributed by atoms with Crippen molar-refractivity contribution in [1.82, 2.24) is 5.32 Å². The van der Waals surface area contributed by atoms with E-state index >= 15 is 0 Å². The molecule has 1 amide bonds. The van der Waals surface area contributed by atoms with Gasteiger partial charge in [0.2, 0.25) is 5.91 Å².